The van der Waals surface area contributed by atoms with Gasteiger partial charge in [-0.15, -0.1) is 24.0 Å². The summed E-state index contributed by atoms with van der Waals surface area (Å²) in [7, 11) is 1.93. The van der Waals surface area contributed by atoms with Gasteiger partial charge in [0.2, 0.25) is 5.91 Å². The van der Waals surface area contributed by atoms with Gasteiger partial charge in [-0.05, 0) is 55.8 Å². The van der Waals surface area contributed by atoms with Crippen molar-refractivity contribution in [2.24, 2.45) is 4.99 Å². The van der Waals surface area contributed by atoms with Crippen LogP contribution < -0.4 is 15.4 Å². The molecule has 0 aromatic heterocycles. The number of aromatic hydroxyl groups is 1. The molecule has 0 aliphatic heterocycles. The van der Waals surface area contributed by atoms with Crippen LogP contribution >= 0.6 is 24.0 Å². The fourth-order valence-corrected chi connectivity index (χ4v) is 2.57. The lowest BCUT2D eigenvalue weighted by Crippen LogP contribution is -2.39. The number of halogens is 1. The molecule has 0 heterocycles. The number of hydrogen-bond acceptors (Lipinski definition) is 4. The SMILES string of the molecule is CCNC(=NCC(=O)Nc1ccc(O)cc1)N(C)Cc1ccc(OCC)cc1.I. The monoisotopic (exact) mass is 512 g/mol. The highest BCUT2D eigenvalue weighted by atomic mass is 127. The molecular formula is C21H29IN4O3. The van der Waals surface area contributed by atoms with Gasteiger partial charge < -0.3 is 25.4 Å². The molecule has 158 valence electrons. The summed E-state index contributed by atoms with van der Waals surface area (Å²) in [6.45, 7) is 5.93. The molecule has 2 aromatic carbocycles. The number of aliphatic imine (C=N–C) groups is 1. The number of benzene rings is 2. The molecule has 0 bridgehead atoms. The molecule has 0 aliphatic rings. The molecule has 2 rings (SSSR count). The number of nitrogens with zero attached hydrogens (tertiary/aromatic N) is 2. The number of carbonyl (C=O) groups is 1. The normalized spacial score (nSPS) is 10.7. The molecule has 0 fully saturated rings. The van der Waals surface area contributed by atoms with Crippen molar-refractivity contribution in [2.45, 2.75) is 20.4 Å². The molecule has 2 aromatic rings. The van der Waals surface area contributed by atoms with Crippen LogP contribution in [0, 0.1) is 0 Å². The summed E-state index contributed by atoms with van der Waals surface area (Å²) in [5.74, 6) is 1.43. The zero-order valence-electron chi connectivity index (χ0n) is 17.0. The lowest BCUT2D eigenvalue weighted by molar-refractivity contribution is -0.114. The van der Waals surface area contributed by atoms with E-state index in [4.69, 9.17) is 4.74 Å². The first-order valence-corrected chi connectivity index (χ1v) is 9.32. The molecule has 0 radical (unpaired) electrons. The van der Waals surface area contributed by atoms with E-state index in [0.29, 0.717) is 31.3 Å². The number of phenolic OH excluding ortho intramolecular Hbond substituents is 1. The first-order valence-electron chi connectivity index (χ1n) is 9.32. The highest BCUT2D eigenvalue weighted by molar-refractivity contribution is 14.0. The number of hydrogen-bond donors (Lipinski definition) is 3. The molecule has 0 saturated heterocycles. The maximum Gasteiger partial charge on any atom is 0.246 e. The molecule has 1 amide bonds. The van der Waals surface area contributed by atoms with Crippen LogP contribution in [0.5, 0.6) is 11.5 Å². The second-order valence-electron chi connectivity index (χ2n) is 6.20. The molecule has 0 aliphatic carbocycles. The second kappa shape index (κ2) is 12.9. The van der Waals surface area contributed by atoms with Crippen molar-refractivity contribution < 1.29 is 14.6 Å². The van der Waals surface area contributed by atoms with Gasteiger partial charge in [-0.2, -0.15) is 0 Å². The van der Waals surface area contributed by atoms with Crippen molar-refractivity contribution in [2.75, 3.05) is 32.1 Å². The van der Waals surface area contributed by atoms with Crippen LogP contribution in [0.4, 0.5) is 5.69 Å². The number of guanidine groups is 1. The predicted octanol–water partition coefficient (Wildman–Crippen LogP) is 3.44. The van der Waals surface area contributed by atoms with Crippen LogP contribution in [-0.4, -0.2) is 48.6 Å². The van der Waals surface area contributed by atoms with Crippen LogP contribution in [0.15, 0.2) is 53.5 Å². The van der Waals surface area contributed by atoms with Gasteiger partial charge in [0.25, 0.3) is 0 Å². The summed E-state index contributed by atoms with van der Waals surface area (Å²) >= 11 is 0. The average molecular weight is 512 g/mol. The van der Waals surface area contributed by atoms with E-state index < -0.39 is 0 Å². The lowest BCUT2D eigenvalue weighted by atomic mass is 10.2. The highest BCUT2D eigenvalue weighted by Crippen LogP contribution is 2.14. The third kappa shape index (κ3) is 8.59. The van der Waals surface area contributed by atoms with Gasteiger partial charge in [0.1, 0.15) is 18.0 Å². The highest BCUT2D eigenvalue weighted by Gasteiger charge is 2.09. The Balaban J connectivity index is 0.00000420. The zero-order chi connectivity index (χ0) is 20.4. The van der Waals surface area contributed by atoms with Crippen molar-refractivity contribution >= 4 is 41.5 Å². The van der Waals surface area contributed by atoms with E-state index in [-0.39, 0.29) is 42.2 Å². The average Bonchev–Trinajstić information content (AvgIpc) is 2.68. The third-order valence-corrected chi connectivity index (χ3v) is 3.87. The molecule has 0 unspecified atom stereocenters. The van der Waals surface area contributed by atoms with Crippen molar-refractivity contribution in [3.63, 3.8) is 0 Å². The Kier molecular flexibility index (Phi) is 10.9. The number of rotatable bonds is 8. The topological polar surface area (TPSA) is 86.2 Å². The third-order valence-electron chi connectivity index (χ3n) is 3.87. The van der Waals surface area contributed by atoms with Crippen LogP contribution in [0.1, 0.15) is 19.4 Å². The summed E-state index contributed by atoms with van der Waals surface area (Å²) in [4.78, 5) is 18.5. The summed E-state index contributed by atoms with van der Waals surface area (Å²) in [5.41, 5.74) is 1.73. The van der Waals surface area contributed by atoms with E-state index in [9.17, 15) is 9.90 Å². The molecule has 29 heavy (non-hydrogen) atoms. The Hall–Kier alpha value is -2.49. The van der Waals surface area contributed by atoms with Crippen molar-refractivity contribution in [1.29, 1.82) is 0 Å². The van der Waals surface area contributed by atoms with Crippen molar-refractivity contribution in [3.05, 3.63) is 54.1 Å². The number of anilines is 1. The molecule has 0 saturated carbocycles. The predicted molar refractivity (Wildman–Crippen MR) is 127 cm³/mol. The number of ether oxygens (including phenoxy) is 1. The van der Waals surface area contributed by atoms with Crippen molar-refractivity contribution in [1.82, 2.24) is 10.2 Å². The second-order valence-corrected chi connectivity index (χ2v) is 6.20. The molecule has 0 atom stereocenters. The first kappa shape index (κ1) is 24.5. The Morgan fingerprint density at radius 1 is 1.10 bits per heavy atom. The smallest absolute Gasteiger partial charge is 0.246 e. The summed E-state index contributed by atoms with van der Waals surface area (Å²) in [6, 6.07) is 14.2. The Bertz CT molecular complexity index is 780. The summed E-state index contributed by atoms with van der Waals surface area (Å²) < 4.78 is 5.46. The van der Waals surface area contributed by atoms with Crippen LogP contribution in [0.25, 0.3) is 0 Å². The van der Waals surface area contributed by atoms with E-state index in [1.807, 2.05) is 50.1 Å². The number of nitrogens with one attached hydrogen (secondary N) is 2. The summed E-state index contributed by atoms with van der Waals surface area (Å²) in [5, 5.41) is 15.3. The minimum absolute atomic E-state index is 0. The Morgan fingerprint density at radius 2 is 1.76 bits per heavy atom. The van der Waals surface area contributed by atoms with Gasteiger partial charge in [0.05, 0.1) is 6.61 Å². The Labute approximate surface area is 189 Å². The molecular weight excluding hydrogens is 483 g/mol. The van der Waals surface area contributed by atoms with Gasteiger partial charge in [-0.25, -0.2) is 4.99 Å². The number of phenols is 1. The van der Waals surface area contributed by atoms with Gasteiger partial charge >= 0.3 is 0 Å². The largest absolute Gasteiger partial charge is 0.508 e. The van der Waals surface area contributed by atoms with Crippen molar-refractivity contribution in [3.8, 4) is 11.5 Å². The zero-order valence-corrected chi connectivity index (χ0v) is 19.3. The van der Waals surface area contributed by atoms with Gasteiger partial charge in [-0.1, -0.05) is 12.1 Å². The lowest BCUT2D eigenvalue weighted by Gasteiger charge is -2.22. The minimum atomic E-state index is -0.226. The molecule has 7 nitrogen and oxygen atoms in total. The van der Waals surface area contributed by atoms with Crippen LogP contribution in [0.2, 0.25) is 0 Å². The van der Waals surface area contributed by atoms with E-state index in [2.05, 4.69) is 15.6 Å². The number of carbonyl (C=O) groups excluding carboxylic acids is 1. The molecule has 3 N–H and O–H groups in total. The van der Waals surface area contributed by atoms with Gasteiger partial charge in [-0.3, -0.25) is 4.79 Å². The number of amides is 1. The maximum atomic E-state index is 12.1. The van der Waals surface area contributed by atoms with E-state index in [0.717, 1.165) is 11.3 Å². The summed E-state index contributed by atoms with van der Waals surface area (Å²) in [6.07, 6.45) is 0. The molecule has 8 heteroatoms. The maximum absolute atomic E-state index is 12.1. The fraction of sp³-hybridized carbons (Fsp3) is 0.333. The molecule has 0 spiro atoms. The van der Waals surface area contributed by atoms with Gasteiger partial charge in [0, 0.05) is 25.8 Å². The first-order chi connectivity index (χ1) is 13.5. The van der Waals surface area contributed by atoms with Gasteiger partial charge in [0.15, 0.2) is 5.96 Å². The van der Waals surface area contributed by atoms with Crippen LogP contribution in [-0.2, 0) is 11.3 Å². The van der Waals surface area contributed by atoms with E-state index in [1.165, 1.54) is 12.1 Å². The standard InChI is InChI=1S/C21H28N4O3.HI/c1-4-22-21(23-14-20(27)24-17-8-10-18(26)11-9-17)25(3)15-16-6-12-19(13-7-16)28-5-2;/h6-13,26H,4-5,14-15H2,1-3H3,(H,22,23)(H,24,27);1H. The minimum Gasteiger partial charge on any atom is -0.508 e. The quantitative estimate of drug-likeness (QED) is 0.219. The Morgan fingerprint density at radius 3 is 2.34 bits per heavy atom. The van der Waals surface area contributed by atoms with Crippen LogP contribution in [0.3, 0.4) is 0 Å². The van der Waals surface area contributed by atoms with E-state index >= 15 is 0 Å². The fourth-order valence-electron chi connectivity index (χ4n) is 2.57. The van der Waals surface area contributed by atoms with E-state index in [1.54, 1.807) is 12.1 Å².